The second kappa shape index (κ2) is 9.96. The number of piperidine rings is 1. The Morgan fingerprint density at radius 3 is 2.70 bits per heavy atom. The number of nitrogens with zero attached hydrogens (tertiary/aromatic N) is 5. The maximum absolute atomic E-state index is 5.02. The third-order valence-electron chi connectivity index (χ3n) is 6.34. The quantitative estimate of drug-likeness (QED) is 0.443. The zero-order valence-corrected chi connectivity index (χ0v) is 19.1. The molecule has 1 fully saturated rings. The van der Waals surface area contributed by atoms with Gasteiger partial charge in [0.15, 0.2) is 5.65 Å². The molecule has 1 aliphatic heterocycles. The van der Waals surface area contributed by atoms with Crippen LogP contribution in [0.5, 0.6) is 0 Å². The summed E-state index contributed by atoms with van der Waals surface area (Å²) < 4.78 is 1.92. The molecule has 0 atom stereocenters. The Morgan fingerprint density at radius 1 is 1.06 bits per heavy atom. The van der Waals surface area contributed by atoms with Crippen molar-refractivity contribution in [2.75, 3.05) is 25.0 Å². The van der Waals surface area contributed by atoms with E-state index in [-0.39, 0.29) is 0 Å². The number of aryl methyl sites for hydroxylation is 1. The van der Waals surface area contributed by atoms with E-state index >= 15 is 0 Å². The van der Waals surface area contributed by atoms with Gasteiger partial charge in [-0.25, -0.2) is 4.98 Å². The van der Waals surface area contributed by atoms with Gasteiger partial charge in [-0.1, -0.05) is 48.6 Å². The minimum Gasteiger partial charge on any atom is -0.366 e. The molecule has 0 aliphatic carbocycles. The van der Waals surface area contributed by atoms with Gasteiger partial charge < -0.3 is 5.32 Å². The summed E-state index contributed by atoms with van der Waals surface area (Å²) in [6.45, 7) is 5.96. The minimum absolute atomic E-state index is 0.470. The normalized spacial score (nSPS) is 15.4. The van der Waals surface area contributed by atoms with Crippen molar-refractivity contribution in [1.29, 1.82) is 0 Å². The number of benzene rings is 1. The molecule has 0 radical (unpaired) electrons. The topological polar surface area (TPSA) is 58.4 Å². The lowest BCUT2D eigenvalue weighted by Crippen LogP contribution is -2.33. The second-order valence-electron chi connectivity index (χ2n) is 8.73. The number of likely N-dealkylation sites (tertiary alicyclic amines) is 1. The van der Waals surface area contributed by atoms with Crippen LogP contribution in [0.2, 0.25) is 0 Å². The first kappa shape index (κ1) is 21.3. The molecule has 33 heavy (non-hydrogen) atoms. The van der Waals surface area contributed by atoms with Crippen molar-refractivity contribution in [2.45, 2.75) is 32.2 Å². The van der Waals surface area contributed by atoms with Crippen LogP contribution in [-0.4, -0.2) is 44.1 Å². The lowest BCUT2D eigenvalue weighted by atomic mass is 9.93. The zero-order valence-electron chi connectivity index (χ0n) is 19.1. The predicted octanol–water partition coefficient (Wildman–Crippen LogP) is 4.94. The molecule has 0 bridgehead atoms. The number of aromatic nitrogens is 4. The summed E-state index contributed by atoms with van der Waals surface area (Å²) in [5.74, 6) is 1.46. The molecular weight excluding hydrogens is 408 g/mol. The Morgan fingerprint density at radius 2 is 1.91 bits per heavy atom. The van der Waals surface area contributed by atoms with Crippen molar-refractivity contribution < 1.29 is 0 Å². The van der Waals surface area contributed by atoms with Crippen LogP contribution in [0.4, 0.5) is 5.82 Å². The number of hydrogen-bond acceptors (Lipinski definition) is 5. The number of anilines is 1. The largest absolute Gasteiger partial charge is 0.366 e. The molecule has 0 spiro atoms. The van der Waals surface area contributed by atoms with E-state index in [0.717, 1.165) is 55.1 Å². The summed E-state index contributed by atoms with van der Waals surface area (Å²) in [6.07, 6.45) is 12.3. The van der Waals surface area contributed by atoms with Crippen LogP contribution in [-0.2, 0) is 6.54 Å². The molecule has 1 saturated heterocycles. The Hall–Kier alpha value is -3.51. The number of fused-ring (bicyclic) bond motifs is 1. The maximum Gasteiger partial charge on any atom is 0.160 e. The fraction of sp³-hybridized carbons (Fsp3) is 0.296. The number of rotatable bonds is 7. The molecule has 6 nitrogen and oxygen atoms in total. The van der Waals surface area contributed by atoms with E-state index in [1.54, 1.807) is 6.20 Å². The van der Waals surface area contributed by atoms with Gasteiger partial charge in [0.2, 0.25) is 0 Å². The highest BCUT2D eigenvalue weighted by Crippen LogP contribution is 2.29. The van der Waals surface area contributed by atoms with Crippen molar-refractivity contribution in [1.82, 2.24) is 24.5 Å². The highest BCUT2D eigenvalue weighted by molar-refractivity contribution is 5.54. The Balaban J connectivity index is 1.26. The third-order valence-corrected chi connectivity index (χ3v) is 6.34. The number of hydrogen-bond donors (Lipinski definition) is 1. The summed E-state index contributed by atoms with van der Waals surface area (Å²) in [5, 5.41) is 8.10. The Bertz CT molecular complexity index is 1210. The third kappa shape index (κ3) is 5.12. The van der Waals surface area contributed by atoms with Crippen LogP contribution in [0.15, 0.2) is 73.2 Å². The molecule has 0 unspecified atom stereocenters. The maximum atomic E-state index is 5.02. The van der Waals surface area contributed by atoms with Crippen LogP contribution < -0.4 is 5.32 Å². The smallest absolute Gasteiger partial charge is 0.160 e. The molecule has 0 amide bonds. The van der Waals surface area contributed by atoms with Crippen LogP contribution >= 0.6 is 0 Å². The van der Waals surface area contributed by atoms with Gasteiger partial charge in [-0.3, -0.25) is 9.88 Å². The molecular formula is C27H30N6. The average molecular weight is 439 g/mol. The lowest BCUT2D eigenvalue weighted by molar-refractivity contribution is 0.231. The standard InChI is InChI=1S/C27H30N6/c1-21-18-30-33-26(29-20-23-9-5-13-28-19-23)17-25(31-27(21)33)24-11-15-32(16-12-24)14-6-10-22-7-3-2-4-8-22/h2-10,13,17-19,24,29H,11-12,14-16,20H2,1H3/b10-6+. The first-order valence-corrected chi connectivity index (χ1v) is 11.7. The van der Waals surface area contributed by atoms with Crippen molar-refractivity contribution >= 4 is 17.5 Å². The zero-order chi connectivity index (χ0) is 22.5. The molecule has 0 saturated carbocycles. The summed E-state index contributed by atoms with van der Waals surface area (Å²) >= 11 is 0. The number of nitrogens with one attached hydrogen (secondary N) is 1. The SMILES string of the molecule is Cc1cnn2c(NCc3cccnc3)cc(C3CCN(C/C=C/c4ccccc4)CC3)nc12. The molecule has 3 aromatic heterocycles. The highest BCUT2D eigenvalue weighted by Gasteiger charge is 2.23. The van der Waals surface area contributed by atoms with Crippen LogP contribution in [0.3, 0.4) is 0 Å². The van der Waals surface area contributed by atoms with Gasteiger partial charge in [-0.2, -0.15) is 9.61 Å². The first-order valence-electron chi connectivity index (χ1n) is 11.7. The van der Waals surface area contributed by atoms with Gasteiger partial charge in [0.05, 0.1) is 6.20 Å². The van der Waals surface area contributed by atoms with Gasteiger partial charge in [0.25, 0.3) is 0 Å². The molecule has 6 heteroatoms. The van der Waals surface area contributed by atoms with E-state index in [2.05, 4.69) is 81.8 Å². The summed E-state index contributed by atoms with van der Waals surface area (Å²) in [5.41, 5.74) is 5.61. The van der Waals surface area contributed by atoms with Crippen LogP contribution in [0.25, 0.3) is 11.7 Å². The van der Waals surface area contributed by atoms with E-state index in [1.165, 1.54) is 11.3 Å². The first-order chi connectivity index (χ1) is 16.3. The molecule has 1 aromatic carbocycles. The molecule has 4 aromatic rings. The van der Waals surface area contributed by atoms with Crippen molar-refractivity contribution in [3.8, 4) is 0 Å². The van der Waals surface area contributed by atoms with Gasteiger partial charge in [0, 0.05) is 48.7 Å². The van der Waals surface area contributed by atoms with Gasteiger partial charge in [-0.05, 0) is 50.0 Å². The van der Waals surface area contributed by atoms with E-state index in [4.69, 9.17) is 4.98 Å². The monoisotopic (exact) mass is 438 g/mol. The highest BCUT2D eigenvalue weighted by atomic mass is 15.3. The molecule has 168 valence electrons. The van der Waals surface area contributed by atoms with Crippen molar-refractivity contribution in [2.24, 2.45) is 0 Å². The summed E-state index contributed by atoms with van der Waals surface area (Å²) in [6, 6.07) is 16.7. The van der Waals surface area contributed by atoms with E-state index < -0.39 is 0 Å². The molecule has 4 heterocycles. The lowest BCUT2D eigenvalue weighted by Gasteiger charge is -2.31. The second-order valence-corrected chi connectivity index (χ2v) is 8.73. The number of pyridine rings is 1. The van der Waals surface area contributed by atoms with Gasteiger partial charge in [-0.15, -0.1) is 0 Å². The van der Waals surface area contributed by atoms with E-state index in [1.807, 2.05) is 23.0 Å². The van der Waals surface area contributed by atoms with Gasteiger partial charge >= 0.3 is 0 Å². The molecule has 5 rings (SSSR count). The Labute approximate surface area is 195 Å². The summed E-state index contributed by atoms with van der Waals surface area (Å²) in [7, 11) is 0. The fourth-order valence-electron chi connectivity index (χ4n) is 4.44. The molecule has 1 N–H and O–H groups in total. The predicted molar refractivity (Wildman–Crippen MR) is 133 cm³/mol. The minimum atomic E-state index is 0.470. The van der Waals surface area contributed by atoms with Gasteiger partial charge in [0.1, 0.15) is 5.82 Å². The molecule has 1 aliphatic rings. The fourth-order valence-corrected chi connectivity index (χ4v) is 4.44. The Kier molecular flexibility index (Phi) is 6.44. The summed E-state index contributed by atoms with van der Waals surface area (Å²) in [4.78, 5) is 11.8. The van der Waals surface area contributed by atoms with E-state index in [9.17, 15) is 0 Å². The van der Waals surface area contributed by atoms with Crippen LogP contribution in [0.1, 0.15) is 41.1 Å². The van der Waals surface area contributed by atoms with Crippen molar-refractivity contribution in [3.63, 3.8) is 0 Å². The van der Waals surface area contributed by atoms with Crippen molar-refractivity contribution in [3.05, 3.63) is 95.6 Å². The van der Waals surface area contributed by atoms with Crippen LogP contribution in [0, 0.1) is 6.92 Å². The average Bonchev–Trinajstić information content (AvgIpc) is 3.25. The van der Waals surface area contributed by atoms with E-state index in [0.29, 0.717) is 12.5 Å².